The maximum Gasteiger partial charge on any atom is 0.0172 e. The second-order valence-electron chi connectivity index (χ2n) is 6.65. The van der Waals surface area contributed by atoms with Gasteiger partial charge in [0.05, 0.1) is 0 Å². The molecule has 0 amide bonds. The highest BCUT2D eigenvalue weighted by molar-refractivity contribution is 8.00. The lowest BCUT2D eigenvalue weighted by atomic mass is 9.70. The average Bonchev–Trinajstić information content (AvgIpc) is 2.63. The van der Waals surface area contributed by atoms with Crippen LogP contribution in [0.2, 0.25) is 0 Å². The molecular weight excluding hydrogens is 214 g/mol. The van der Waals surface area contributed by atoms with Gasteiger partial charge in [-0.15, -0.1) is 0 Å². The Balaban J connectivity index is 1.75. The highest BCUT2D eigenvalue weighted by Crippen LogP contribution is 2.38. The van der Waals surface area contributed by atoms with E-state index < -0.39 is 0 Å². The quantitative estimate of drug-likeness (QED) is 0.809. The lowest BCUT2D eigenvalue weighted by molar-refractivity contribution is 0.152. The van der Waals surface area contributed by atoms with Crippen LogP contribution in [-0.2, 0) is 0 Å². The summed E-state index contributed by atoms with van der Waals surface area (Å²) in [6, 6.07) is 0.778. The molecule has 0 spiro atoms. The molecule has 2 heteroatoms. The topological polar surface area (TPSA) is 12.0 Å². The van der Waals surface area contributed by atoms with Gasteiger partial charge in [0, 0.05) is 17.8 Å². The van der Waals surface area contributed by atoms with Gasteiger partial charge in [0.2, 0.25) is 0 Å². The Labute approximate surface area is 105 Å². The van der Waals surface area contributed by atoms with Crippen molar-refractivity contribution in [2.75, 3.05) is 12.3 Å². The predicted octanol–water partition coefficient (Wildman–Crippen LogP) is 3.69. The maximum absolute atomic E-state index is 3.83. The summed E-state index contributed by atoms with van der Waals surface area (Å²) in [6.07, 6.45) is 7.03. The molecule has 1 heterocycles. The molecule has 0 bridgehead atoms. The van der Waals surface area contributed by atoms with E-state index in [1.807, 2.05) is 0 Å². The van der Waals surface area contributed by atoms with Crippen LogP contribution in [0.5, 0.6) is 0 Å². The molecule has 3 atom stereocenters. The lowest BCUT2D eigenvalue weighted by Crippen LogP contribution is -2.42. The van der Waals surface area contributed by atoms with E-state index in [1.165, 1.54) is 44.4 Å². The fourth-order valence-electron chi connectivity index (χ4n) is 3.60. The summed E-state index contributed by atoms with van der Waals surface area (Å²) in [6.45, 7) is 8.53. The molecule has 1 saturated carbocycles. The van der Waals surface area contributed by atoms with Gasteiger partial charge >= 0.3 is 0 Å². The van der Waals surface area contributed by atoms with Crippen molar-refractivity contribution < 1.29 is 0 Å². The molecule has 16 heavy (non-hydrogen) atoms. The van der Waals surface area contributed by atoms with Crippen molar-refractivity contribution in [1.29, 1.82) is 0 Å². The smallest absolute Gasteiger partial charge is 0.0172 e. The van der Waals surface area contributed by atoms with Crippen molar-refractivity contribution in [1.82, 2.24) is 5.32 Å². The van der Waals surface area contributed by atoms with Crippen molar-refractivity contribution in [3.8, 4) is 0 Å². The molecule has 94 valence electrons. The van der Waals surface area contributed by atoms with E-state index in [2.05, 4.69) is 37.8 Å². The first-order chi connectivity index (χ1) is 7.55. The highest BCUT2D eigenvalue weighted by Gasteiger charge is 2.32. The maximum atomic E-state index is 3.83. The molecule has 0 aromatic heterocycles. The zero-order chi connectivity index (χ0) is 11.6. The van der Waals surface area contributed by atoms with Crippen LogP contribution in [-0.4, -0.2) is 23.6 Å². The molecule has 1 N–H and O–H groups in total. The molecule has 1 saturated heterocycles. The number of thioether (sulfide) groups is 1. The molecule has 3 unspecified atom stereocenters. The summed E-state index contributed by atoms with van der Waals surface area (Å²) in [7, 11) is 0. The third-order valence-corrected chi connectivity index (χ3v) is 5.44. The van der Waals surface area contributed by atoms with Gasteiger partial charge in [0.25, 0.3) is 0 Å². The SMILES string of the molecule is CC1CC(NCC2CCCS2)CC(C)(C)C1. The lowest BCUT2D eigenvalue weighted by Gasteiger charge is -2.39. The standard InChI is InChI=1S/C14H27NS/c1-11-7-12(9-14(2,3)8-11)15-10-13-5-4-6-16-13/h11-13,15H,4-10H2,1-3H3. The normalized spacial score (nSPS) is 38.8. The summed E-state index contributed by atoms with van der Waals surface area (Å²) in [5.41, 5.74) is 0.554. The molecule has 1 aliphatic carbocycles. The van der Waals surface area contributed by atoms with Gasteiger partial charge in [0.15, 0.2) is 0 Å². The second-order valence-corrected chi connectivity index (χ2v) is 8.06. The summed E-state index contributed by atoms with van der Waals surface area (Å²) >= 11 is 2.17. The van der Waals surface area contributed by atoms with Gasteiger partial charge in [-0.05, 0) is 49.2 Å². The Bertz CT molecular complexity index is 221. The Hall–Kier alpha value is 0.310. The molecule has 2 fully saturated rings. The Morgan fingerprint density at radius 1 is 1.31 bits per heavy atom. The monoisotopic (exact) mass is 241 g/mol. The second kappa shape index (κ2) is 5.30. The van der Waals surface area contributed by atoms with Gasteiger partial charge in [0.1, 0.15) is 0 Å². The van der Waals surface area contributed by atoms with Crippen LogP contribution in [0.15, 0.2) is 0 Å². The van der Waals surface area contributed by atoms with Crippen molar-refractivity contribution in [2.45, 2.75) is 64.2 Å². The molecule has 2 rings (SSSR count). The first-order valence-corrected chi connectivity index (χ1v) is 7.95. The fourth-order valence-corrected chi connectivity index (χ4v) is 4.82. The molecule has 0 radical (unpaired) electrons. The van der Waals surface area contributed by atoms with E-state index in [-0.39, 0.29) is 0 Å². The van der Waals surface area contributed by atoms with Gasteiger partial charge in [-0.2, -0.15) is 11.8 Å². The number of rotatable bonds is 3. The third-order valence-electron chi connectivity index (χ3n) is 4.05. The Morgan fingerprint density at radius 2 is 2.12 bits per heavy atom. The number of hydrogen-bond donors (Lipinski definition) is 1. The first-order valence-electron chi connectivity index (χ1n) is 6.90. The summed E-state index contributed by atoms with van der Waals surface area (Å²) in [5, 5.41) is 4.73. The summed E-state index contributed by atoms with van der Waals surface area (Å²) in [4.78, 5) is 0. The van der Waals surface area contributed by atoms with Crippen LogP contribution in [0.1, 0.15) is 52.9 Å². The fraction of sp³-hybridized carbons (Fsp3) is 1.00. The Morgan fingerprint density at radius 3 is 2.75 bits per heavy atom. The first kappa shape index (κ1) is 12.8. The third kappa shape index (κ3) is 3.66. The predicted molar refractivity (Wildman–Crippen MR) is 74.1 cm³/mol. The molecule has 1 nitrogen and oxygen atoms in total. The van der Waals surface area contributed by atoms with Crippen LogP contribution in [0.4, 0.5) is 0 Å². The summed E-state index contributed by atoms with van der Waals surface area (Å²) < 4.78 is 0. The van der Waals surface area contributed by atoms with Crippen molar-refractivity contribution in [2.24, 2.45) is 11.3 Å². The highest BCUT2D eigenvalue weighted by atomic mass is 32.2. The minimum atomic E-state index is 0.554. The summed E-state index contributed by atoms with van der Waals surface area (Å²) in [5.74, 6) is 2.29. The molecular formula is C14H27NS. The minimum absolute atomic E-state index is 0.554. The van der Waals surface area contributed by atoms with Crippen LogP contribution in [0.3, 0.4) is 0 Å². The van der Waals surface area contributed by atoms with E-state index in [4.69, 9.17) is 0 Å². The largest absolute Gasteiger partial charge is 0.313 e. The number of nitrogens with one attached hydrogen (secondary N) is 1. The van der Waals surface area contributed by atoms with Crippen molar-refractivity contribution >= 4 is 11.8 Å². The van der Waals surface area contributed by atoms with Crippen LogP contribution in [0, 0.1) is 11.3 Å². The zero-order valence-corrected chi connectivity index (χ0v) is 11.9. The van der Waals surface area contributed by atoms with Crippen LogP contribution < -0.4 is 5.32 Å². The van der Waals surface area contributed by atoms with E-state index in [9.17, 15) is 0 Å². The van der Waals surface area contributed by atoms with E-state index in [0.29, 0.717) is 5.41 Å². The van der Waals surface area contributed by atoms with Gasteiger partial charge in [-0.25, -0.2) is 0 Å². The van der Waals surface area contributed by atoms with Gasteiger partial charge < -0.3 is 5.32 Å². The number of hydrogen-bond acceptors (Lipinski definition) is 2. The minimum Gasteiger partial charge on any atom is -0.313 e. The molecule has 1 aliphatic heterocycles. The van der Waals surface area contributed by atoms with Crippen molar-refractivity contribution in [3.05, 3.63) is 0 Å². The van der Waals surface area contributed by atoms with Gasteiger partial charge in [-0.1, -0.05) is 20.8 Å². The zero-order valence-electron chi connectivity index (χ0n) is 11.1. The van der Waals surface area contributed by atoms with E-state index in [1.54, 1.807) is 0 Å². The van der Waals surface area contributed by atoms with E-state index in [0.717, 1.165) is 17.2 Å². The van der Waals surface area contributed by atoms with Crippen LogP contribution >= 0.6 is 11.8 Å². The van der Waals surface area contributed by atoms with E-state index >= 15 is 0 Å². The van der Waals surface area contributed by atoms with Gasteiger partial charge in [-0.3, -0.25) is 0 Å². The van der Waals surface area contributed by atoms with Crippen LogP contribution in [0.25, 0.3) is 0 Å². The molecule has 0 aromatic carbocycles. The molecule has 2 aliphatic rings. The van der Waals surface area contributed by atoms with Crippen molar-refractivity contribution in [3.63, 3.8) is 0 Å². The average molecular weight is 241 g/mol. The Kier molecular flexibility index (Phi) is 4.23. The molecule has 0 aromatic rings.